The molecule has 0 aliphatic heterocycles. The molecule has 2 aromatic rings. The topological polar surface area (TPSA) is 84.0 Å². The van der Waals surface area contributed by atoms with Gasteiger partial charge in [0.2, 0.25) is 10.0 Å². The van der Waals surface area contributed by atoms with Crippen molar-refractivity contribution in [3.8, 4) is 0 Å². The van der Waals surface area contributed by atoms with E-state index in [2.05, 4.69) is 0 Å². The Morgan fingerprint density at radius 2 is 1.77 bits per heavy atom. The average molecular weight is 457 g/mol. The number of hydrogen-bond acceptors (Lipinski definition) is 5. The fourth-order valence-electron chi connectivity index (χ4n) is 2.64. The highest BCUT2D eigenvalue weighted by Crippen LogP contribution is 2.17. The van der Waals surface area contributed by atoms with Gasteiger partial charge >= 0.3 is 5.97 Å². The zero-order valence-electron chi connectivity index (χ0n) is 16.7. The van der Waals surface area contributed by atoms with Crippen molar-refractivity contribution < 1.29 is 27.1 Å². The van der Waals surface area contributed by atoms with E-state index in [1.165, 1.54) is 68.4 Å². The van der Waals surface area contributed by atoms with Crippen molar-refractivity contribution >= 4 is 33.5 Å². The predicted molar refractivity (Wildman–Crippen MR) is 110 cm³/mol. The third-order valence-corrected chi connectivity index (χ3v) is 6.28. The standard InChI is InChI=1S/C20H22ClFN2O5S/c1-14(20(26)23(2)12-15-5-4-6-17(22)11-15)29-19(25)13-24(3)30(27,28)18-9-7-16(21)8-10-18/h4-11,14H,12-13H2,1-3H3. The molecule has 162 valence electrons. The molecule has 0 aliphatic carbocycles. The maximum absolute atomic E-state index is 13.3. The number of halogens is 2. The van der Waals surface area contributed by atoms with Crippen molar-refractivity contribution in [3.63, 3.8) is 0 Å². The van der Waals surface area contributed by atoms with Crippen LogP contribution < -0.4 is 0 Å². The fraction of sp³-hybridized carbons (Fsp3) is 0.300. The number of esters is 1. The lowest BCUT2D eigenvalue weighted by molar-refractivity contribution is -0.158. The van der Waals surface area contributed by atoms with Crippen molar-refractivity contribution in [2.75, 3.05) is 20.6 Å². The number of rotatable bonds is 8. The number of ether oxygens (including phenoxy) is 1. The van der Waals surface area contributed by atoms with Crippen LogP contribution >= 0.6 is 11.6 Å². The SMILES string of the molecule is CC(OC(=O)CN(C)S(=O)(=O)c1ccc(Cl)cc1)C(=O)N(C)Cc1cccc(F)c1. The van der Waals surface area contributed by atoms with E-state index in [0.29, 0.717) is 10.6 Å². The lowest BCUT2D eigenvalue weighted by Gasteiger charge is -2.22. The monoisotopic (exact) mass is 456 g/mol. The van der Waals surface area contributed by atoms with E-state index < -0.39 is 40.4 Å². The third-order valence-electron chi connectivity index (χ3n) is 4.21. The Kier molecular flexibility index (Phi) is 7.94. The summed E-state index contributed by atoms with van der Waals surface area (Å²) in [5.41, 5.74) is 0.582. The molecular formula is C20H22ClFN2O5S. The second kappa shape index (κ2) is 10.0. The first-order chi connectivity index (χ1) is 14.0. The van der Waals surface area contributed by atoms with Crippen LogP contribution in [0.2, 0.25) is 5.02 Å². The summed E-state index contributed by atoms with van der Waals surface area (Å²) >= 11 is 5.76. The van der Waals surface area contributed by atoms with Crippen LogP contribution in [0.1, 0.15) is 12.5 Å². The van der Waals surface area contributed by atoms with Crippen LogP contribution in [0, 0.1) is 5.82 Å². The van der Waals surface area contributed by atoms with E-state index >= 15 is 0 Å². The van der Waals surface area contributed by atoms with Crippen LogP contribution in [0.25, 0.3) is 0 Å². The Morgan fingerprint density at radius 1 is 1.13 bits per heavy atom. The van der Waals surface area contributed by atoms with Gasteiger partial charge in [-0.05, 0) is 48.9 Å². The van der Waals surface area contributed by atoms with Crippen LogP contribution in [0.3, 0.4) is 0 Å². The highest BCUT2D eigenvalue weighted by molar-refractivity contribution is 7.89. The van der Waals surface area contributed by atoms with E-state index in [4.69, 9.17) is 16.3 Å². The van der Waals surface area contributed by atoms with Crippen LogP contribution in [-0.4, -0.2) is 56.2 Å². The molecule has 0 fully saturated rings. The Labute approximate surface area is 180 Å². The fourth-order valence-corrected chi connectivity index (χ4v) is 3.88. The average Bonchev–Trinajstić information content (AvgIpc) is 2.67. The molecule has 2 rings (SSSR count). The van der Waals surface area contributed by atoms with Gasteiger partial charge in [0.05, 0.1) is 4.90 Å². The van der Waals surface area contributed by atoms with Crippen LogP contribution in [0.5, 0.6) is 0 Å². The van der Waals surface area contributed by atoms with Gasteiger partial charge in [-0.15, -0.1) is 0 Å². The molecule has 30 heavy (non-hydrogen) atoms. The zero-order chi connectivity index (χ0) is 22.5. The first-order valence-corrected chi connectivity index (χ1v) is 10.7. The van der Waals surface area contributed by atoms with Gasteiger partial charge in [0.25, 0.3) is 5.91 Å². The molecule has 0 aliphatic rings. The summed E-state index contributed by atoms with van der Waals surface area (Å²) in [6, 6.07) is 11.3. The molecule has 0 aromatic heterocycles. The van der Waals surface area contributed by atoms with Gasteiger partial charge in [-0.3, -0.25) is 9.59 Å². The summed E-state index contributed by atoms with van der Waals surface area (Å²) in [7, 11) is -1.20. The van der Waals surface area contributed by atoms with Gasteiger partial charge in [0, 0.05) is 25.7 Å². The van der Waals surface area contributed by atoms with E-state index in [0.717, 1.165) is 4.31 Å². The number of nitrogens with zero attached hydrogens (tertiary/aromatic N) is 2. The number of sulfonamides is 1. The van der Waals surface area contributed by atoms with Gasteiger partial charge in [-0.1, -0.05) is 23.7 Å². The van der Waals surface area contributed by atoms with Gasteiger partial charge in [-0.25, -0.2) is 12.8 Å². The maximum atomic E-state index is 13.3. The molecule has 1 atom stereocenters. The molecule has 10 heteroatoms. The normalized spacial score (nSPS) is 12.5. The van der Waals surface area contributed by atoms with E-state index in [1.54, 1.807) is 6.07 Å². The van der Waals surface area contributed by atoms with Gasteiger partial charge in [0.15, 0.2) is 6.10 Å². The highest BCUT2D eigenvalue weighted by atomic mass is 35.5. The van der Waals surface area contributed by atoms with Crippen molar-refractivity contribution in [3.05, 3.63) is 64.9 Å². The van der Waals surface area contributed by atoms with Crippen LogP contribution in [0.15, 0.2) is 53.4 Å². The number of hydrogen-bond donors (Lipinski definition) is 0. The largest absolute Gasteiger partial charge is 0.452 e. The molecule has 0 bridgehead atoms. The second-order valence-corrected chi connectivity index (χ2v) is 9.15. The quantitative estimate of drug-likeness (QED) is 0.570. The Balaban J connectivity index is 1.94. The molecular weight excluding hydrogens is 435 g/mol. The molecule has 0 saturated heterocycles. The molecule has 0 spiro atoms. The highest BCUT2D eigenvalue weighted by Gasteiger charge is 2.26. The molecule has 0 N–H and O–H groups in total. The molecule has 2 aromatic carbocycles. The number of amides is 1. The maximum Gasteiger partial charge on any atom is 0.322 e. The first kappa shape index (κ1) is 23.8. The van der Waals surface area contributed by atoms with E-state index in [1.807, 2.05) is 0 Å². The lowest BCUT2D eigenvalue weighted by atomic mass is 10.2. The number of carbonyl (C=O) groups is 2. The molecule has 0 heterocycles. The summed E-state index contributed by atoms with van der Waals surface area (Å²) in [4.78, 5) is 25.8. The van der Waals surface area contributed by atoms with E-state index in [9.17, 15) is 22.4 Å². The number of benzene rings is 2. The van der Waals surface area contributed by atoms with Crippen molar-refractivity contribution in [1.29, 1.82) is 0 Å². The number of likely N-dealkylation sites (N-methyl/N-ethyl adjacent to an activating group) is 2. The minimum atomic E-state index is -3.92. The molecule has 1 unspecified atom stereocenters. The van der Waals surface area contributed by atoms with Gasteiger partial charge in [-0.2, -0.15) is 4.31 Å². The lowest BCUT2D eigenvalue weighted by Crippen LogP contribution is -2.40. The summed E-state index contributed by atoms with van der Waals surface area (Å²) in [6.45, 7) is 0.940. The van der Waals surface area contributed by atoms with Crippen LogP contribution in [0.4, 0.5) is 4.39 Å². The third kappa shape index (κ3) is 6.25. The second-order valence-electron chi connectivity index (χ2n) is 6.67. The van der Waals surface area contributed by atoms with E-state index in [-0.39, 0.29) is 11.4 Å². The Morgan fingerprint density at radius 3 is 2.37 bits per heavy atom. The molecule has 0 saturated carbocycles. The molecule has 1 amide bonds. The number of carbonyl (C=O) groups excluding carboxylic acids is 2. The zero-order valence-corrected chi connectivity index (χ0v) is 18.3. The van der Waals surface area contributed by atoms with Gasteiger partial charge < -0.3 is 9.64 Å². The predicted octanol–water partition coefficient (Wildman–Crippen LogP) is 2.69. The Hall–Kier alpha value is -2.49. The summed E-state index contributed by atoms with van der Waals surface area (Å²) < 4.78 is 44.2. The van der Waals surface area contributed by atoms with Crippen molar-refractivity contribution in [2.24, 2.45) is 0 Å². The molecule has 7 nitrogen and oxygen atoms in total. The van der Waals surface area contributed by atoms with Crippen molar-refractivity contribution in [2.45, 2.75) is 24.5 Å². The van der Waals surface area contributed by atoms with Gasteiger partial charge in [0.1, 0.15) is 12.4 Å². The first-order valence-electron chi connectivity index (χ1n) is 8.91. The summed E-state index contributed by atoms with van der Waals surface area (Å²) in [5, 5.41) is 0.380. The minimum absolute atomic E-state index is 0.0267. The molecule has 0 radical (unpaired) electrons. The van der Waals surface area contributed by atoms with Crippen molar-refractivity contribution in [1.82, 2.24) is 9.21 Å². The summed E-state index contributed by atoms with van der Waals surface area (Å²) in [6.07, 6.45) is -1.14. The minimum Gasteiger partial charge on any atom is -0.452 e. The smallest absolute Gasteiger partial charge is 0.322 e. The Bertz CT molecular complexity index is 1010. The van der Waals surface area contributed by atoms with Crippen LogP contribution in [-0.2, 0) is 30.9 Å². The summed E-state index contributed by atoms with van der Waals surface area (Å²) in [5.74, 6) is -1.80.